The van der Waals surface area contributed by atoms with Crippen LogP contribution in [0.1, 0.15) is 45.1 Å². The fraction of sp³-hybridized carbons (Fsp3) is 0.778. The van der Waals surface area contributed by atoms with Crippen molar-refractivity contribution in [3.63, 3.8) is 0 Å². The number of hydrogen-bond acceptors (Lipinski definition) is 5. The molecule has 0 radical (unpaired) electrons. The van der Waals surface area contributed by atoms with Crippen LogP contribution in [0.4, 0.5) is 0 Å². The molecule has 1 aliphatic rings. The van der Waals surface area contributed by atoms with Gasteiger partial charge in [0.25, 0.3) is 0 Å². The van der Waals surface area contributed by atoms with Crippen LogP contribution in [0.15, 0.2) is 15.6 Å². The summed E-state index contributed by atoms with van der Waals surface area (Å²) in [7, 11) is 1.79. The lowest BCUT2D eigenvalue weighted by Crippen LogP contribution is -2.52. The summed E-state index contributed by atoms with van der Waals surface area (Å²) in [4.78, 5) is 6.81. The number of hydrogen-bond donors (Lipinski definition) is 2. The topological polar surface area (TPSA) is 74.9 Å². The van der Waals surface area contributed by atoms with Crippen LogP contribution in [-0.2, 0) is 11.3 Å². The first-order valence-corrected chi connectivity index (χ1v) is 9.23. The first kappa shape index (κ1) is 23.2. The highest BCUT2D eigenvalue weighted by Crippen LogP contribution is 2.14. The van der Waals surface area contributed by atoms with Crippen molar-refractivity contribution < 1.29 is 9.26 Å². The Morgan fingerprint density at radius 3 is 2.46 bits per heavy atom. The number of rotatable bonds is 7. The maximum Gasteiger partial charge on any atom is 0.191 e. The third kappa shape index (κ3) is 7.03. The van der Waals surface area contributed by atoms with Crippen LogP contribution in [0.3, 0.4) is 0 Å². The minimum absolute atomic E-state index is 0. The van der Waals surface area contributed by atoms with Crippen molar-refractivity contribution in [2.24, 2.45) is 10.9 Å². The number of aromatic nitrogens is 1. The zero-order valence-corrected chi connectivity index (χ0v) is 18.9. The normalized spacial score (nSPS) is 17.3. The molecule has 7 nitrogen and oxygen atoms in total. The molecule has 26 heavy (non-hydrogen) atoms. The predicted molar refractivity (Wildman–Crippen MR) is 115 cm³/mol. The van der Waals surface area contributed by atoms with Crippen molar-refractivity contribution in [1.29, 1.82) is 0 Å². The number of morpholine rings is 1. The molecule has 0 spiro atoms. The third-order valence-corrected chi connectivity index (χ3v) is 4.59. The summed E-state index contributed by atoms with van der Waals surface area (Å²) in [5.74, 6) is 2.53. The number of nitrogens with zero attached hydrogens (tertiary/aromatic N) is 3. The fourth-order valence-corrected chi connectivity index (χ4v) is 2.97. The monoisotopic (exact) mass is 479 g/mol. The molecule has 1 aromatic rings. The Hall–Kier alpha value is -0.870. The largest absolute Gasteiger partial charge is 0.379 e. The highest BCUT2D eigenvalue weighted by molar-refractivity contribution is 14.0. The fourth-order valence-electron chi connectivity index (χ4n) is 2.97. The molecule has 2 rings (SSSR count). The average Bonchev–Trinajstić information content (AvgIpc) is 3.08. The van der Waals surface area contributed by atoms with Crippen LogP contribution in [0.2, 0.25) is 0 Å². The number of ether oxygens (including phenoxy) is 1. The van der Waals surface area contributed by atoms with Crippen molar-refractivity contribution in [2.45, 2.75) is 46.2 Å². The van der Waals surface area contributed by atoms with Gasteiger partial charge in [-0.05, 0) is 11.8 Å². The lowest BCUT2D eigenvalue weighted by Gasteiger charge is -2.37. The summed E-state index contributed by atoms with van der Waals surface area (Å²) in [6.45, 7) is 13.8. The smallest absolute Gasteiger partial charge is 0.191 e. The molecule has 0 amide bonds. The van der Waals surface area contributed by atoms with E-state index in [9.17, 15) is 0 Å². The summed E-state index contributed by atoms with van der Waals surface area (Å²) < 4.78 is 10.8. The predicted octanol–water partition coefficient (Wildman–Crippen LogP) is 2.44. The molecular weight excluding hydrogens is 445 g/mol. The van der Waals surface area contributed by atoms with Crippen LogP contribution in [0.5, 0.6) is 0 Å². The molecule has 150 valence electrons. The van der Waals surface area contributed by atoms with E-state index in [0.717, 1.165) is 50.3 Å². The second-order valence-corrected chi connectivity index (χ2v) is 7.14. The summed E-state index contributed by atoms with van der Waals surface area (Å²) >= 11 is 0. The Labute approximate surface area is 174 Å². The van der Waals surface area contributed by atoms with E-state index in [1.165, 1.54) is 0 Å². The van der Waals surface area contributed by atoms with Gasteiger partial charge in [0.2, 0.25) is 0 Å². The lowest BCUT2D eigenvalue weighted by molar-refractivity contribution is 0.00752. The maximum atomic E-state index is 5.47. The van der Waals surface area contributed by atoms with Gasteiger partial charge < -0.3 is 19.9 Å². The highest BCUT2D eigenvalue weighted by Gasteiger charge is 2.23. The molecular formula is C18H34IN5O2. The molecule has 0 aliphatic carbocycles. The third-order valence-electron chi connectivity index (χ3n) is 4.59. The summed E-state index contributed by atoms with van der Waals surface area (Å²) in [6, 6.07) is 2.45. The Morgan fingerprint density at radius 2 is 1.92 bits per heavy atom. The van der Waals surface area contributed by atoms with Crippen LogP contribution in [0, 0.1) is 5.92 Å². The zero-order valence-electron chi connectivity index (χ0n) is 16.6. The number of guanidine groups is 1. The molecule has 2 N–H and O–H groups in total. The van der Waals surface area contributed by atoms with Crippen LogP contribution in [0.25, 0.3) is 0 Å². The molecule has 0 bridgehead atoms. The van der Waals surface area contributed by atoms with Crippen molar-refractivity contribution in [3.8, 4) is 0 Å². The first-order chi connectivity index (χ1) is 12.0. The van der Waals surface area contributed by atoms with Crippen molar-refractivity contribution in [2.75, 3.05) is 39.9 Å². The second kappa shape index (κ2) is 11.8. The SMILES string of the molecule is CN=C(NCc1cc(C(C)C)no1)NCC(C(C)C)N1CCOCC1.I. The molecule has 2 heterocycles. The number of nitrogens with one attached hydrogen (secondary N) is 2. The van der Waals surface area contributed by atoms with Gasteiger partial charge in [0.15, 0.2) is 11.7 Å². The van der Waals surface area contributed by atoms with Crippen molar-refractivity contribution in [3.05, 3.63) is 17.5 Å². The zero-order chi connectivity index (χ0) is 18.2. The van der Waals surface area contributed by atoms with Gasteiger partial charge in [0.05, 0.1) is 25.5 Å². The Kier molecular flexibility index (Phi) is 10.5. The van der Waals surface area contributed by atoms with E-state index in [2.05, 4.69) is 53.4 Å². The minimum Gasteiger partial charge on any atom is -0.379 e. The molecule has 1 atom stereocenters. The average molecular weight is 479 g/mol. The van der Waals surface area contributed by atoms with E-state index in [4.69, 9.17) is 9.26 Å². The first-order valence-electron chi connectivity index (χ1n) is 9.23. The van der Waals surface area contributed by atoms with E-state index >= 15 is 0 Å². The van der Waals surface area contributed by atoms with Gasteiger partial charge in [-0.1, -0.05) is 32.9 Å². The van der Waals surface area contributed by atoms with E-state index in [1.807, 2.05) is 6.07 Å². The van der Waals surface area contributed by atoms with Gasteiger partial charge >= 0.3 is 0 Å². The quantitative estimate of drug-likeness (QED) is 0.356. The second-order valence-electron chi connectivity index (χ2n) is 7.14. The van der Waals surface area contributed by atoms with Gasteiger partial charge in [-0.15, -0.1) is 24.0 Å². The Morgan fingerprint density at radius 1 is 1.23 bits per heavy atom. The number of halogens is 1. The van der Waals surface area contributed by atoms with Gasteiger partial charge in [-0.2, -0.15) is 0 Å². The maximum absolute atomic E-state index is 5.47. The van der Waals surface area contributed by atoms with Crippen LogP contribution in [-0.4, -0.2) is 62.0 Å². The van der Waals surface area contributed by atoms with E-state index < -0.39 is 0 Å². The van der Waals surface area contributed by atoms with Crippen LogP contribution >= 0.6 is 24.0 Å². The molecule has 0 aromatic carbocycles. The van der Waals surface area contributed by atoms with Crippen LogP contribution < -0.4 is 10.6 Å². The van der Waals surface area contributed by atoms with E-state index in [1.54, 1.807) is 7.05 Å². The summed E-state index contributed by atoms with van der Waals surface area (Å²) in [5, 5.41) is 10.8. The van der Waals surface area contributed by atoms with E-state index in [0.29, 0.717) is 24.4 Å². The molecule has 1 aliphatic heterocycles. The molecule has 1 fully saturated rings. The molecule has 8 heteroatoms. The van der Waals surface area contributed by atoms with Crippen molar-refractivity contribution >= 4 is 29.9 Å². The highest BCUT2D eigenvalue weighted by atomic mass is 127. The standard InChI is InChI=1S/C18H33N5O2.HI/c1-13(2)16-10-15(25-22-16)11-20-18(19-5)21-12-17(14(3)4)23-6-8-24-9-7-23;/h10,13-14,17H,6-9,11-12H2,1-5H3,(H2,19,20,21);1H. The van der Waals surface area contributed by atoms with Gasteiger partial charge in [0.1, 0.15) is 0 Å². The van der Waals surface area contributed by atoms with Gasteiger partial charge in [0, 0.05) is 38.8 Å². The van der Waals surface area contributed by atoms with E-state index in [-0.39, 0.29) is 24.0 Å². The van der Waals surface area contributed by atoms with Gasteiger partial charge in [-0.25, -0.2) is 0 Å². The summed E-state index contributed by atoms with van der Waals surface area (Å²) in [6.07, 6.45) is 0. The molecule has 1 aromatic heterocycles. The Bertz CT molecular complexity index is 541. The lowest BCUT2D eigenvalue weighted by atomic mass is 10.0. The number of aliphatic imine (C=N–C) groups is 1. The molecule has 1 saturated heterocycles. The molecule has 1 unspecified atom stereocenters. The van der Waals surface area contributed by atoms with Crippen molar-refractivity contribution in [1.82, 2.24) is 20.7 Å². The minimum atomic E-state index is 0. The van der Waals surface area contributed by atoms with Gasteiger partial charge in [-0.3, -0.25) is 9.89 Å². The molecule has 0 saturated carbocycles. The summed E-state index contributed by atoms with van der Waals surface area (Å²) in [5.41, 5.74) is 0.979. The Balaban J connectivity index is 0.00000338.